The van der Waals surface area contributed by atoms with Gasteiger partial charge in [-0.05, 0) is 80.3 Å². The highest BCUT2D eigenvalue weighted by Crippen LogP contribution is 2.33. The van der Waals surface area contributed by atoms with Crippen LogP contribution in [0.5, 0.6) is 0 Å². The minimum atomic E-state index is -0.266. The summed E-state index contributed by atoms with van der Waals surface area (Å²) in [5, 5.41) is 9.97. The molecule has 2 N–H and O–H groups in total. The number of halogens is 1. The number of ether oxygens (including phenoxy) is 1. The first kappa shape index (κ1) is 21.8. The predicted octanol–water partition coefficient (Wildman–Crippen LogP) is 5.04. The van der Waals surface area contributed by atoms with Gasteiger partial charge >= 0.3 is 0 Å². The second-order valence-electron chi connectivity index (χ2n) is 8.79. The van der Waals surface area contributed by atoms with E-state index in [1.54, 1.807) is 28.8 Å². The highest BCUT2D eigenvalue weighted by molar-refractivity contribution is 6.30. The lowest BCUT2D eigenvalue weighted by molar-refractivity contribution is -0.0377. The molecule has 6 rings (SSSR count). The number of hydrogen-bond donors (Lipinski definition) is 1. The van der Waals surface area contributed by atoms with Gasteiger partial charge in [0.2, 0.25) is 0 Å². The number of benzene rings is 2. The Morgan fingerprint density at radius 1 is 1.09 bits per heavy atom. The zero-order chi connectivity index (χ0) is 24.1. The molecule has 1 unspecified atom stereocenters. The van der Waals surface area contributed by atoms with Crippen molar-refractivity contribution in [3.8, 4) is 16.8 Å². The fourth-order valence-electron chi connectivity index (χ4n) is 4.72. The summed E-state index contributed by atoms with van der Waals surface area (Å²) in [4.78, 5) is 18.6. The molecule has 1 aliphatic heterocycles. The van der Waals surface area contributed by atoms with Crippen molar-refractivity contribution in [2.24, 2.45) is 0 Å². The number of rotatable bonds is 3. The van der Waals surface area contributed by atoms with Crippen molar-refractivity contribution >= 4 is 39.4 Å². The molecule has 176 valence electrons. The maximum atomic E-state index is 13.9. The predicted molar refractivity (Wildman–Crippen MR) is 137 cm³/mol. The second kappa shape index (κ2) is 8.48. The number of nitrogens with zero attached hydrogens (tertiary/aromatic N) is 5. The van der Waals surface area contributed by atoms with Crippen molar-refractivity contribution in [1.29, 1.82) is 0 Å². The smallest absolute Gasteiger partial charge is 0.266 e. The molecule has 1 saturated heterocycles. The monoisotopic (exact) mass is 486 g/mol. The van der Waals surface area contributed by atoms with E-state index >= 15 is 0 Å². The molecule has 0 aliphatic carbocycles. The van der Waals surface area contributed by atoms with Crippen LogP contribution in [-0.2, 0) is 4.74 Å². The molecule has 9 heteroatoms. The summed E-state index contributed by atoms with van der Waals surface area (Å²) in [6.45, 7) is 2.60. The Labute approximate surface area is 205 Å². The van der Waals surface area contributed by atoms with E-state index in [2.05, 4.69) is 15.3 Å². The van der Waals surface area contributed by atoms with Crippen molar-refractivity contribution in [1.82, 2.24) is 24.5 Å². The van der Waals surface area contributed by atoms with E-state index in [1.165, 1.54) is 0 Å². The summed E-state index contributed by atoms with van der Waals surface area (Å²) < 4.78 is 9.29. The van der Waals surface area contributed by atoms with Crippen LogP contribution in [0.1, 0.15) is 31.2 Å². The Balaban J connectivity index is 1.57. The molecule has 0 bridgehead atoms. The van der Waals surface area contributed by atoms with Crippen LogP contribution in [0.2, 0.25) is 5.02 Å². The van der Waals surface area contributed by atoms with Crippen molar-refractivity contribution in [3.63, 3.8) is 0 Å². The van der Waals surface area contributed by atoms with Crippen LogP contribution < -0.4 is 11.3 Å². The Kier molecular flexibility index (Phi) is 5.27. The van der Waals surface area contributed by atoms with Gasteiger partial charge in [0.1, 0.15) is 11.2 Å². The van der Waals surface area contributed by atoms with Crippen molar-refractivity contribution < 1.29 is 4.74 Å². The first-order valence-electron chi connectivity index (χ1n) is 11.6. The van der Waals surface area contributed by atoms with Gasteiger partial charge in [0.15, 0.2) is 6.23 Å². The van der Waals surface area contributed by atoms with E-state index < -0.39 is 0 Å². The first-order valence-corrected chi connectivity index (χ1v) is 11.9. The number of pyridine rings is 2. The summed E-state index contributed by atoms with van der Waals surface area (Å²) in [6, 6.07) is 16.5. The van der Waals surface area contributed by atoms with Gasteiger partial charge in [-0.15, -0.1) is 5.10 Å². The lowest BCUT2D eigenvalue weighted by atomic mass is 10.0. The van der Waals surface area contributed by atoms with Crippen LogP contribution in [0.4, 0.5) is 5.69 Å². The molecule has 35 heavy (non-hydrogen) atoms. The number of hydrogen-bond acceptors (Lipinski definition) is 6. The largest absolute Gasteiger partial charge is 0.397 e. The van der Waals surface area contributed by atoms with Crippen LogP contribution in [0.3, 0.4) is 0 Å². The van der Waals surface area contributed by atoms with E-state index in [0.717, 1.165) is 37.1 Å². The second-order valence-corrected chi connectivity index (χ2v) is 9.22. The number of aryl methyl sites for hydroxylation is 1. The molecule has 1 aliphatic rings. The lowest BCUT2D eigenvalue weighted by Gasteiger charge is -2.22. The molecule has 5 aromatic rings. The molecular formula is C26H23ClN6O2. The number of nitrogens with two attached hydrogens (primary N) is 1. The number of fused-ring (bicyclic) bond motifs is 2. The van der Waals surface area contributed by atoms with Gasteiger partial charge in [0.05, 0.1) is 22.5 Å². The van der Waals surface area contributed by atoms with Crippen molar-refractivity contribution in [3.05, 3.63) is 75.7 Å². The lowest BCUT2D eigenvalue weighted by Crippen LogP contribution is -2.23. The van der Waals surface area contributed by atoms with Gasteiger partial charge in [-0.3, -0.25) is 9.36 Å². The van der Waals surface area contributed by atoms with Gasteiger partial charge < -0.3 is 10.5 Å². The molecule has 4 heterocycles. The van der Waals surface area contributed by atoms with Crippen LogP contribution in [-0.4, -0.2) is 31.2 Å². The van der Waals surface area contributed by atoms with Crippen molar-refractivity contribution in [2.45, 2.75) is 32.4 Å². The zero-order valence-corrected chi connectivity index (χ0v) is 19.9. The maximum Gasteiger partial charge on any atom is 0.266 e. The number of anilines is 1. The third-order valence-electron chi connectivity index (χ3n) is 6.48. The molecule has 1 atom stereocenters. The highest BCUT2D eigenvalue weighted by Gasteiger charge is 2.22. The highest BCUT2D eigenvalue weighted by atomic mass is 35.5. The zero-order valence-electron chi connectivity index (χ0n) is 19.1. The van der Waals surface area contributed by atoms with E-state index in [-0.39, 0.29) is 11.8 Å². The van der Waals surface area contributed by atoms with E-state index in [1.807, 2.05) is 41.9 Å². The maximum absolute atomic E-state index is 13.9. The normalized spacial score (nSPS) is 16.2. The average molecular weight is 487 g/mol. The molecule has 0 amide bonds. The van der Waals surface area contributed by atoms with Gasteiger partial charge in [-0.2, -0.15) is 0 Å². The molecule has 2 aromatic carbocycles. The molecular weight excluding hydrogens is 464 g/mol. The number of aromatic nitrogens is 5. The van der Waals surface area contributed by atoms with Crippen LogP contribution in [0.15, 0.2) is 59.4 Å². The Morgan fingerprint density at radius 2 is 1.91 bits per heavy atom. The molecule has 8 nitrogen and oxygen atoms in total. The summed E-state index contributed by atoms with van der Waals surface area (Å²) in [7, 11) is 0. The minimum Gasteiger partial charge on any atom is -0.397 e. The van der Waals surface area contributed by atoms with Gasteiger partial charge in [0, 0.05) is 22.7 Å². The van der Waals surface area contributed by atoms with E-state index in [9.17, 15) is 4.79 Å². The fraction of sp³-hybridized carbons (Fsp3) is 0.231. The van der Waals surface area contributed by atoms with Crippen LogP contribution in [0, 0.1) is 6.92 Å². The molecule has 3 aromatic heterocycles. The van der Waals surface area contributed by atoms with E-state index in [4.69, 9.17) is 22.1 Å². The first-order chi connectivity index (χ1) is 17.0. The molecule has 0 spiro atoms. The van der Waals surface area contributed by atoms with Gasteiger partial charge in [-0.1, -0.05) is 22.9 Å². The summed E-state index contributed by atoms with van der Waals surface area (Å²) in [5.41, 5.74) is 11.3. The quantitative estimate of drug-likeness (QED) is 0.383. The van der Waals surface area contributed by atoms with Crippen LogP contribution in [0.25, 0.3) is 38.9 Å². The van der Waals surface area contributed by atoms with Gasteiger partial charge in [0.25, 0.3) is 5.56 Å². The third-order valence-corrected chi connectivity index (χ3v) is 6.73. The van der Waals surface area contributed by atoms with E-state index in [0.29, 0.717) is 44.1 Å². The average Bonchev–Trinajstić information content (AvgIpc) is 3.29. The Bertz CT molecular complexity index is 1630. The Morgan fingerprint density at radius 3 is 2.69 bits per heavy atom. The fourth-order valence-corrected chi connectivity index (χ4v) is 4.84. The SMILES string of the molecule is Cc1ccc2c(N)c(-c3ccc4c(c3)nnn4C3CCCCO3)c(=O)n(-c3ccc(Cl)cc3)c2n1. The third kappa shape index (κ3) is 3.66. The van der Waals surface area contributed by atoms with Crippen molar-refractivity contribution in [2.75, 3.05) is 12.3 Å². The summed E-state index contributed by atoms with van der Waals surface area (Å²) in [6.07, 6.45) is 2.93. The summed E-state index contributed by atoms with van der Waals surface area (Å²) >= 11 is 6.10. The minimum absolute atomic E-state index is 0.123. The molecule has 1 fully saturated rings. The molecule has 0 saturated carbocycles. The summed E-state index contributed by atoms with van der Waals surface area (Å²) in [5.74, 6) is 0. The topological polar surface area (TPSA) is 101 Å². The Hall–Kier alpha value is -3.75. The molecule has 0 radical (unpaired) electrons. The van der Waals surface area contributed by atoms with Gasteiger partial charge in [-0.25, -0.2) is 9.67 Å². The van der Waals surface area contributed by atoms with Crippen LogP contribution >= 0.6 is 11.6 Å². The number of nitrogen functional groups attached to an aromatic ring is 1. The standard InChI is InChI=1S/C26H23ClN6O2/c1-15-5-11-19-24(28)23(26(34)32(25(19)29-15)18-9-7-17(27)8-10-18)16-6-12-21-20(14-16)30-31-33(21)22-4-2-3-13-35-22/h5-12,14,22H,2-4,13,28H2,1H3.